The highest BCUT2D eigenvalue weighted by Gasteiger charge is 2.72. The second-order valence-electron chi connectivity index (χ2n) is 10.9. The van der Waals surface area contributed by atoms with E-state index in [0.29, 0.717) is 22.6 Å². The molecule has 4 aliphatic rings. The van der Waals surface area contributed by atoms with Gasteiger partial charge in [0.25, 0.3) is 0 Å². The maximum atomic E-state index is 13.9. The number of ether oxygens (including phenoxy) is 2. The Balaban J connectivity index is 1.47. The van der Waals surface area contributed by atoms with E-state index in [1.54, 1.807) is 30.3 Å². The number of likely N-dealkylation sites (N-methyl/N-ethyl adjacent to an activating group) is 1. The number of phenols is 1. The number of ketones is 4. The summed E-state index contributed by atoms with van der Waals surface area (Å²) < 4.78 is 10.7. The molecule has 2 aromatic carbocycles. The minimum absolute atomic E-state index is 0.0421. The van der Waals surface area contributed by atoms with Crippen LogP contribution in [-0.2, 0) is 25.6 Å². The first-order valence-corrected chi connectivity index (χ1v) is 12.7. The van der Waals surface area contributed by atoms with Crippen molar-refractivity contribution in [2.45, 2.75) is 24.2 Å². The lowest BCUT2D eigenvalue weighted by Crippen LogP contribution is -2.77. The molecule has 12 heteroatoms. The number of phenolic OH excluding ortho intramolecular Hbond substituents is 1. The number of amides is 1. The van der Waals surface area contributed by atoms with Gasteiger partial charge in [-0.2, -0.15) is 0 Å². The third-order valence-corrected chi connectivity index (χ3v) is 8.70. The number of hydrogen-bond donors (Lipinski definition) is 4. The fourth-order valence-electron chi connectivity index (χ4n) is 6.89. The zero-order valence-electron chi connectivity index (χ0n) is 21.5. The van der Waals surface area contributed by atoms with Crippen molar-refractivity contribution in [2.75, 3.05) is 20.9 Å². The van der Waals surface area contributed by atoms with Crippen LogP contribution in [0.4, 0.5) is 0 Å². The van der Waals surface area contributed by atoms with Gasteiger partial charge in [0.1, 0.15) is 5.75 Å². The first-order chi connectivity index (χ1) is 18.9. The van der Waals surface area contributed by atoms with Crippen molar-refractivity contribution in [3.63, 3.8) is 0 Å². The number of nitrogens with zero attached hydrogens (tertiary/aromatic N) is 1. The molecule has 40 heavy (non-hydrogen) atoms. The van der Waals surface area contributed by atoms with Gasteiger partial charge in [-0.3, -0.25) is 28.9 Å². The Kier molecular flexibility index (Phi) is 5.67. The highest BCUT2D eigenvalue weighted by atomic mass is 16.7. The average molecular weight is 551 g/mol. The minimum Gasteiger partial charge on any atom is -0.507 e. The maximum absolute atomic E-state index is 13.9. The molecular formula is C28H26N2O10. The summed E-state index contributed by atoms with van der Waals surface area (Å²) in [5.41, 5.74) is 3.25. The van der Waals surface area contributed by atoms with Gasteiger partial charge in [-0.15, -0.1) is 0 Å². The van der Waals surface area contributed by atoms with Gasteiger partial charge >= 0.3 is 0 Å². The number of carbonyl (C=O) groups excluding carboxylic acids is 5. The zero-order valence-corrected chi connectivity index (χ0v) is 21.5. The summed E-state index contributed by atoms with van der Waals surface area (Å²) >= 11 is 0. The van der Waals surface area contributed by atoms with E-state index in [9.17, 15) is 39.3 Å². The van der Waals surface area contributed by atoms with E-state index in [2.05, 4.69) is 0 Å². The number of hydrogen-bond acceptors (Lipinski definition) is 11. The van der Waals surface area contributed by atoms with E-state index in [0.717, 1.165) is 0 Å². The summed E-state index contributed by atoms with van der Waals surface area (Å²) in [4.78, 5) is 67.8. The summed E-state index contributed by atoms with van der Waals surface area (Å²) in [6, 6.07) is 6.74. The highest BCUT2D eigenvalue weighted by molar-refractivity contribution is 6.32. The molecule has 3 aliphatic carbocycles. The standard InChI is InChI=1S/C28H26N2O10/c1-30(2)20-19-22(32)13-7-11-3-5-12(10-4-6-14-15(8-10)40-9-39-14)21(31)16(11)23(33)17(13)25(35)28(19,38)26(36)18(24(20)34)27(29)37/h3-6,8,13,17-20,22,31-32,38H,7,9H2,1-2H3,(H2,29,37)/t13-,17?,18?,19-,20+,22+,28+/m0/s1. The number of fused-ring (bicyclic) bond motifs is 4. The van der Waals surface area contributed by atoms with E-state index < -0.39 is 76.2 Å². The van der Waals surface area contributed by atoms with Crippen molar-refractivity contribution in [2.24, 2.45) is 29.4 Å². The Hall–Kier alpha value is -4.13. The summed E-state index contributed by atoms with van der Waals surface area (Å²) in [7, 11) is 2.88. The van der Waals surface area contributed by atoms with E-state index in [-0.39, 0.29) is 24.3 Å². The van der Waals surface area contributed by atoms with Crippen LogP contribution in [0.25, 0.3) is 11.1 Å². The second kappa shape index (κ2) is 8.68. The number of rotatable bonds is 3. The molecule has 1 aliphatic heterocycles. The number of aromatic hydroxyl groups is 1. The molecule has 208 valence electrons. The SMILES string of the molecule is CN(C)[C@H]1C(=O)C(C(N)=O)C(=O)[C@]2(O)C(=O)C3C(=O)c4c(ccc(-c5ccc6c(c5)OCO6)c4O)C[C@@H]3[C@@H](O)[C@H]12. The van der Waals surface area contributed by atoms with Crippen LogP contribution in [0.5, 0.6) is 17.2 Å². The summed E-state index contributed by atoms with van der Waals surface area (Å²) in [6.45, 7) is 0.0421. The lowest BCUT2D eigenvalue weighted by Gasteiger charge is -2.54. The zero-order chi connectivity index (χ0) is 28.8. The van der Waals surface area contributed by atoms with Crippen LogP contribution < -0.4 is 15.2 Å². The number of aliphatic hydroxyl groups excluding tert-OH is 1. The minimum atomic E-state index is -3.03. The van der Waals surface area contributed by atoms with Gasteiger partial charge in [0, 0.05) is 11.5 Å². The lowest BCUT2D eigenvalue weighted by atomic mass is 9.51. The molecule has 0 radical (unpaired) electrons. The monoisotopic (exact) mass is 550 g/mol. The first kappa shape index (κ1) is 26.1. The molecule has 0 bridgehead atoms. The van der Waals surface area contributed by atoms with Crippen molar-refractivity contribution in [1.82, 2.24) is 4.90 Å². The molecule has 2 fully saturated rings. The molecule has 2 unspecified atom stereocenters. The molecule has 7 atom stereocenters. The fourth-order valence-corrected chi connectivity index (χ4v) is 6.89. The van der Waals surface area contributed by atoms with Gasteiger partial charge in [-0.25, -0.2) is 0 Å². The number of primary amides is 1. The first-order valence-electron chi connectivity index (χ1n) is 12.7. The van der Waals surface area contributed by atoms with Crippen molar-refractivity contribution in [3.8, 4) is 28.4 Å². The van der Waals surface area contributed by atoms with Crippen molar-refractivity contribution >= 4 is 29.0 Å². The number of aliphatic hydroxyl groups is 2. The number of Topliss-reactive ketones (excluding diaryl/α,β-unsaturated/α-hetero) is 4. The van der Waals surface area contributed by atoms with Gasteiger partial charge in [0.2, 0.25) is 12.7 Å². The van der Waals surface area contributed by atoms with E-state index in [1.807, 2.05) is 0 Å². The third-order valence-electron chi connectivity index (χ3n) is 8.70. The van der Waals surface area contributed by atoms with Crippen molar-refractivity contribution < 1.29 is 48.8 Å². The molecule has 0 aromatic heterocycles. The molecule has 6 rings (SSSR count). The topological polar surface area (TPSA) is 194 Å². The molecule has 5 N–H and O–H groups in total. The Morgan fingerprint density at radius 3 is 2.42 bits per heavy atom. The summed E-state index contributed by atoms with van der Waals surface area (Å²) in [5.74, 6) is -11.9. The second-order valence-corrected chi connectivity index (χ2v) is 10.9. The van der Waals surface area contributed by atoms with Crippen LogP contribution in [0.3, 0.4) is 0 Å². The van der Waals surface area contributed by atoms with E-state index in [1.165, 1.54) is 19.0 Å². The van der Waals surface area contributed by atoms with Gasteiger partial charge in [-0.05, 0) is 43.8 Å². The number of benzene rings is 2. The largest absolute Gasteiger partial charge is 0.507 e. The van der Waals surface area contributed by atoms with Gasteiger partial charge in [0.15, 0.2) is 46.2 Å². The lowest BCUT2D eigenvalue weighted by molar-refractivity contribution is -0.195. The van der Waals surface area contributed by atoms with Crippen LogP contribution in [0.2, 0.25) is 0 Å². The average Bonchev–Trinajstić information content (AvgIpc) is 3.36. The Bertz CT molecular complexity index is 1530. The smallest absolute Gasteiger partial charge is 0.235 e. The Labute approximate surface area is 227 Å². The fraction of sp³-hybridized carbons (Fsp3) is 0.393. The summed E-state index contributed by atoms with van der Waals surface area (Å²) in [5, 5.41) is 34.4. The number of nitrogens with two attached hydrogens (primary N) is 1. The third kappa shape index (κ3) is 3.26. The van der Waals surface area contributed by atoms with Crippen LogP contribution >= 0.6 is 0 Å². The van der Waals surface area contributed by atoms with Gasteiger partial charge < -0.3 is 30.5 Å². The molecule has 1 amide bonds. The van der Waals surface area contributed by atoms with Crippen LogP contribution in [-0.4, -0.2) is 87.9 Å². The quantitative estimate of drug-likeness (QED) is 0.351. The highest BCUT2D eigenvalue weighted by Crippen LogP contribution is 2.52. The molecular weight excluding hydrogens is 524 g/mol. The van der Waals surface area contributed by atoms with Crippen LogP contribution in [0, 0.1) is 23.7 Å². The predicted octanol–water partition coefficient (Wildman–Crippen LogP) is -0.766. The van der Waals surface area contributed by atoms with Crippen LogP contribution in [0.1, 0.15) is 15.9 Å². The molecule has 12 nitrogen and oxygen atoms in total. The van der Waals surface area contributed by atoms with Crippen molar-refractivity contribution in [1.29, 1.82) is 0 Å². The normalized spacial score (nSPS) is 32.5. The van der Waals surface area contributed by atoms with E-state index in [4.69, 9.17) is 15.2 Å². The molecule has 0 saturated heterocycles. The predicted molar refractivity (Wildman–Crippen MR) is 134 cm³/mol. The van der Waals surface area contributed by atoms with Crippen LogP contribution in [0.15, 0.2) is 30.3 Å². The summed E-state index contributed by atoms with van der Waals surface area (Å²) in [6.07, 6.45) is -1.71. The molecule has 0 spiro atoms. The molecule has 1 heterocycles. The molecule has 2 aromatic rings. The van der Waals surface area contributed by atoms with E-state index >= 15 is 0 Å². The Morgan fingerprint density at radius 2 is 1.75 bits per heavy atom. The van der Waals surface area contributed by atoms with Gasteiger partial charge in [0.05, 0.1) is 29.5 Å². The van der Waals surface area contributed by atoms with Gasteiger partial charge in [-0.1, -0.05) is 18.2 Å². The van der Waals surface area contributed by atoms with Crippen molar-refractivity contribution in [3.05, 3.63) is 41.5 Å². The number of carbonyl (C=O) groups is 5. The molecule has 2 saturated carbocycles. The maximum Gasteiger partial charge on any atom is 0.235 e. The Morgan fingerprint density at radius 1 is 1.05 bits per heavy atom.